The van der Waals surface area contributed by atoms with Gasteiger partial charge in [-0.05, 0) is 30.7 Å². The first kappa shape index (κ1) is 22.1. The summed E-state index contributed by atoms with van der Waals surface area (Å²) in [6, 6.07) is 12.5. The van der Waals surface area contributed by atoms with Gasteiger partial charge in [-0.15, -0.1) is 0 Å². The molecule has 0 radical (unpaired) electrons. The van der Waals surface area contributed by atoms with Gasteiger partial charge in [0, 0.05) is 50.9 Å². The van der Waals surface area contributed by atoms with Gasteiger partial charge in [-0.2, -0.15) is 0 Å². The normalized spacial score (nSPS) is 19.9. The molecule has 2 saturated heterocycles. The van der Waals surface area contributed by atoms with Crippen LogP contribution in [0.15, 0.2) is 42.5 Å². The summed E-state index contributed by atoms with van der Waals surface area (Å²) >= 11 is 0. The molecule has 0 aromatic heterocycles. The summed E-state index contributed by atoms with van der Waals surface area (Å²) in [7, 11) is 1.55. The van der Waals surface area contributed by atoms with Gasteiger partial charge >= 0.3 is 0 Å². The minimum Gasteiger partial charge on any atom is -0.496 e. The highest BCUT2D eigenvalue weighted by Crippen LogP contribution is 2.37. The zero-order chi connectivity index (χ0) is 23.7. The van der Waals surface area contributed by atoms with Crippen molar-refractivity contribution in [1.29, 1.82) is 0 Å². The molecule has 3 amide bonds. The van der Waals surface area contributed by atoms with Crippen molar-refractivity contribution in [3.8, 4) is 17.2 Å². The van der Waals surface area contributed by atoms with Crippen LogP contribution in [-0.2, 0) is 9.59 Å². The van der Waals surface area contributed by atoms with Crippen LogP contribution in [0.3, 0.4) is 0 Å². The zero-order valence-electron chi connectivity index (χ0n) is 19.1. The van der Waals surface area contributed by atoms with Gasteiger partial charge in [-0.1, -0.05) is 12.1 Å². The van der Waals surface area contributed by atoms with E-state index in [9.17, 15) is 14.4 Å². The van der Waals surface area contributed by atoms with Gasteiger partial charge in [-0.3, -0.25) is 14.4 Å². The molecular weight excluding hydrogens is 438 g/mol. The smallest absolute Gasteiger partial charge is 0.257 e. The van der Waals surface area contributed by atoms with Crippen molar-refractivity contribution in [2.45, 2.75) is 12.8 Å². The van der Waals surface area contributed by atoms with Crippen LogP contribution in [0, 0.1) is 5.92 Å². The van der Waals surface area contributed by atoms with Crippen molar-refractivity contribution in [3.05, 3.63) is 48.0 Å². The second kappa shape index (κ2) is 9.24. The summed E-state index contributed by atoms with van der Waals surface area (Å²) in [5.74, 6) is 1.17. The highest BCUT2D eigenvalue weighted by atomic mass is 16.7. The van der Waals surface area contributed by atoms with E-state index in [1.165, 1.54) is 0 Å². The Morgan fingerprint density at radius 1 is 0.971 bits per heavy atom. The maximum atomic E-state index is 13.3. The molecule has 0 aliphatic carbocycles. The number of carbonyl (C=O) groups excluding carboxylic acids is 3. The highest BCUT2D eigenvalue weighted by Gasteiger charge is 2.38. The maximum absolute atomic E-state index is 13.3. The number of anilines is 1. The van der Waals surface area contributed by atoms with Crippen molar-refractivity contribution in [2.24, 2.45) is 5.92 Å². The lowest BCUT2D eigenvalue weighted by Crippen LogP contribution is -2.40. The van der Waals surface area contributed by atoms with E-state index in [1.807, 2.05) is 18.2 Å². The zero-order valence-corrected chi connectivity index (χ0v) is 19.1. The molecule has 9 nitrogen and oxygen atoms in total. The number of methoxy groups -OCH3 is 1. The summed E-state index contributed by atoms with van der Waals surface area (Å²) < 4.78 is 16.1. The predicted octanol–water partition coefficient (Wildman–Crippen LogP) is 2.15. The van der Waals surface area contributed by atoms with Gasteiger partial charge in [-0.25, -0.2) is 0 Å². The maximum Gasteiger partial charge on any atom is 0.257 e. The van der Waals surface area contributed by atoms with Crippen LogP contribution in [0.5, 0.6) is 17.2 Å². The van der Waals surface area contributed by atoms with Gasteiger partial charge in [0.2, 0.25) is 18.6 Å². The fourth-order valence-electron chi connectivity index (χ4n) is 4.77. The molecular formula is C25H27N3O6. The monoisotopic (exact) mass is 465 g/mol. The first-order valence-corrected chi connectivity index (χ1v) is 11.5. The lowest BCUT2D eigenvalue weighted by atomic mass is 10.1. The molecule has 3 heterocycles. The van der Waals surface area contributed by atoms with Gasteiger partial charge < -0.3 is 28.9 Å². The minimum atomic E-state index is -0.408. The molecule has 1 atom stereocenters. The molecule has 5 rings (SSSR count). The minimum absolute atomic E-state index is 0.0387. The van der Waals surface area contributed by atoms with E-state index in [4.69, 9.17) is 14.2 Å². The molecule has 3 aliphatic rings. The first-order valence-electron chi connectivity index (χ1n) is 11.5. The molecule has 2 aromatic carbocycles. The number of rotatable bonds is 4. The van der Waals surface area contributed by atoms with Crippen molar-refractivity contribution in [2.75, 3.05) is 51.5 Å². The van der Waals surface area contributed by atoms with Gasteiger partial charge in [0.05, 0.1) is 18.6 Å². The third-order valence-electron chi connectivity index (χ3n) is 6.57. The molecule has 34 heavy (non-hydrogen) atoms. The third kappa shape index (κ3) is 4.13. The van der Waals surface area contributed by atoms with Gasteiger partial charge in [0.15, 0.2) is 11.5 Å². The molecule has 1 unspecified atom stereocenters. The van der Waals surface area contributed by atoms with Crippen molar-refractivity contribution >= 4 is 23.4 Å². The van der Waals surface area contributed by atoms with Crippen LogP contribution < -0.4 is 19.1 Å². The Kier molecular flexibility index (Phi) is 6.00. The van der Waals surface area contributed by atoms with Crippen molar-refractivity contribution in [3.63, 3.8) is 0 Å². The molecule has 178 valence electrons. The van der Waals surface area contributed by atoms with Crippen LogP contribution in [-0.4, -0.2) is 74.1 Å². The van der Waals surface area contributed by atoms with Crippen molar-refractivity contribution in [1.82, 2.24) is 9.80 Å². The second-order valence-corrected chi connectivity index (χ2v) is 8.61. The number of para-hydroxylation sites is 1. The Labute approximate surface area is 197 Å². The van der Waals surface area contributed by atoms with Crippen LogP contribution in [0.1, 0.15) is 23.2 Å². The Bertz CT molecular complexity index is 1120. The van der Waals surface area contributed by atoms with Crippen LogP contribution in [0.2, 0.25) is 0 Å². The van der Waals surface area contributed by atoms with Crippen LogP contribution in [0.25, 0.3) is 0 Å². The second-order valence-electron chi connectivity index (χ2n) is 8.61. The molecule has 0 saturated carbocycles. The van der Waals surface area contributed by atoms with E-state index in [0.717, 1.165) is 0 Å². The Hall–Kier alpha value is -3.75. The number of hydrogen-bond acceptors (Lipinski definition) is 6. The number of amides is 3. The lowest BCUT2D eigenvalue weighted by Gasteiger charge is -2.25. The summed E-state index contributed by atoms with van der Waals surface area (Å²) in [5, 5.41) is 0. The number of nitrogens with zero attached hydrogens (tertiary/aromatic N) is 3. The SMILES string of the molecule is COc1ccccc1C(=O)N1CCCN(C(=O)C2CC(=O)N(c3ccc4c(c3)OCO4)C2)CC1. The first-order chi connectivity index (χ1) is 16.5. The molecule has 9 heteroatoms. The fraction of sp³-hybridized carbons (Fsp3) is 0.400. The molecule has 2 aromatic rings. The van der Waals surface area contributed by atoms with Crippen LogP contribution in [0.4, 0.5) is 5.69 Å². The van der Waals surface area contributed by atoms with E-state index in [-0.39, 0.29) is 30.9 Å². The van der Waals surface area contributed by atoms with Gasteiger partial charge in [0.25, 0.3) is 5.91 Å². The quantitative estimate of drug-likeness (QED) is 0.688. The largest absolute Gasteiger partial charge is 0.496 e. The molecule has 2 fully saturated rings. The van der Waals surface area contributed by atoms with E-state index < -0.39 is 5.92 Å². The van der Waals surface area contributed by atoms with E-state index in [2.05, 4.69) is 0 Å². The van der Waals surface area contributed by atoms with E-state index >= 15 is 0 Å². The predicted molar refractivity (Wildman–Crippen MR) is 123 cm³/mol. The highest BCUT2D eigenvalue weighted by molar-refractivity contribution is 6.00. The number of fused-ring (bicyclic) bond motifs is 1. The molecule has 0 N–H and O–H groups in total. The number of benzene rings is 2. The van der Waals surface area contributed by atoms with E-state index in [1.54, 1.807) is 46.1 Å². The lowest BCUT2D eigenvalue weighted by molar-refractivity contribution is -0.135. The summed E-state index contributed by atoms with van der Waals surface area (Å²) in [4.78, 5) is 44.3. The fourth-order valence-corrected chi connectivity index (χ4v) is 4.77. The topological polar surface area (TPSA) is 88.6 Å². The van der Waals surface area contributed by atoms with E-state index in [0.29, 0.717) is 67.6 Å². The number of ether oxygens (including phenoxy) is 3. The van der Waals surface area contributed by atoms with Crippen LogP contribution >= 0.6 is 0 Å². The third-order valence-corrected chi connectivity index (χ3v) is 6.57. The Morgan fingerprint density at radius 2 is 1.74 bits per heavy atom. The van der Waals surface area contributed by atoms with Gasteiger partial charge in [0.1, 0.15) is 5.75 Å². The average molecular weight is 466 g/mol. The summed E-state index contributed by atoms with van der Waals surface area (Å²) in [6.45, 7) is 2.50. The standard InChI is InChI=1S/C25H27N3O6/c1-32-20-6-3-2-5-19(20)25(31)27-10-4-9-26(11-12-27)24(30)17-13-23(29)28(15-17)18-7-8-21-22(14-18)34-16-33-21/h2-3,5-8,14,17H,4,9-13,15-16H2,1H3. The summed E-state index contributed by atoms with van der Waals surface area (Å²) in [5.41, 5.74) is 1.22. The number of carbonyl (C=O) groups is 3. The molecule has 3 aliphatic heterocycles. The molecule has 0 spiro atoms. The molecule has 0 bridgehead atoms. The Balaban J connectivity index is 1.22. The summed E-state index contributed by atoms with van der Waals surface area (Å²) in [6.07, 6.45) is 0.854. The average Bonchev–Trinajstić information content (AvgIpc) is 3.41. The number of hydrogen-bond donors (Lipinski definition) is 0. The van der Waals surface area contributed by atoms with Crippen molar-refractivity contribution < 1.29 is 28.6 Å². The Morgan fingerprint density at radius 3 is 2.59 bits per heavy atom.